The Morgan fingerprint density at radius 1 is 1.15 bits per heavy atom. The molecule has 0 atom stereocenters. The lowest BCUT2D eigenvalue weighted by Crippen LogP contribution is -2.30. The zero-order valence-electron chi connectivity index (χ0n) is 14.7. The SMILES string of the molecule is CCN(C(=O)c1ccc(OCc2cscn2)cc1)c1nc2ccccc2s1. The Labute approximate surface area is 164 Å². The van der Waals surface area contributed by atoms with Gasteiger partial charge in [-0.05, 0) is 43.3 Å². The molecule has 0 aliphatic rings. The van der Waals surface area contributed by atoms with E-state index >= 15 is 0 Å². The molecule has 4 rings (SSSR count). The summed E-state index contributed by atoms with van der Waals surface area (Å²) in [7, 11) is 0. The first-order valence-electron chi connectivity index (χ1n) is 8.52. The van der Waals surface area contributed by atoms with Gasteiger partial charge in [-0.3, -0.25) is 9.69 Å². The van der Waals surface area contributed by atoms with E-state index < -0.39 is 0 Å². The molecule has 0 radical (unpaired) electrons. The summed E-state index contributed by atoms with van der Waals surface area (Å²) in [5.74, 6) is 0.644. The molecule has 0 saturated heterocycles. The van der Waals surface area contributed by atoms with Crippen LogP contribution in [0, 0.1) is 0 Å². The number of carbonyl (C=O) groups excluding carboxylic acids is 1. The minimum absolute atomic E-state index is 0.0670. The topological polar surface area (TPSA) is 55.3 Å². The van der Waals surface area contributed by atoms with Gasteiger partial charge >= 0.3 is 0 Å². The number of rotatable bonds is 6. The van der Waals surface area contributed by atoms with Gasteiger partial charge in [-0.1, -0.05) is 23.5 Å². The zero-order chi connectivity index (χ0) is 18.6. The highest BCUT2D eigenvalue weighted by molar-refractivity contribution is 7.22. The minimum atomic E-state index is -0.0670. The average molecular weight is 396 g/mol. The van der Waals surface area contributed by atoms with Crippen LogP contribution in [0.5, 0.6) is 5.75 Å². The van der Waals surface area contributed by atoms with Crippen LogP contribution in [-0.4, -0.2) is 22.4 Å². The molecule has 0 aliphatic carbocycles. The van der Waals surface area contributed by atoms with Crippen LogP contribution >= 0.6 is 22.7 Å². The van der Waals surface area contributed by atoms with E-state index in [1.54, 1.807) is 22.5 Å². The average Bonchev–Trinajstić information content (AvgIpc) is 3.37. The van der Waals surface area contributed by atoms with Gasteiger partial charge in [0.1, 0.15) is 12.4 Å². The second kappa shape index (κ2) is 7.85. The molecule has 136 valence electrons. The molecule has 0 bridgehead atoms. The van der Waals surface area contributed by atoms with Crippen LogP contribution in [0.2, 0.25) is 0 Å². The highest BCUT2D eigenvalue weighted by Crippen LogP contribution is 2.29. The standard InChI is InChI=1S/C20H17N3O2S2/c1-2-23(20-22-17-5-3-4-6-18(17)27-20)19(24)14-7-9-16(10-8-14)25-11-15-12-26-13-21-15/h3-10,12-13H,2,11H2,1H3. The molecule has 0 fully saturated rings. The maximum Gasteiger partial charge on any atom is 0.260 e. The number of amides is 1. The van der Waals surface area contributed by atoms with Crippen molar-refractivity contribution in [2.24, 2.45) is 0 Å². The maximum atomic E-state index is 13.0. The largest absolute Gasteiger partial charge is 0.487 e. The van der Waals surface area contributed by atoms with Gasteiger partial charge < -0.3 is 4.74 Å². The summed E-state index contributed by atoms with van der Waals surface area (Å²) in [6, 6.07) is 15.1. The summed E-state index contributed by atoms with van der Waals surface area (Å²) in [5.41, 5.74) is 4.20. The van der Waals surface area contributed by atoms with E-state index in [0.29, 0.717) is 29.6 Å². The maximum absolute atomic E-state index is 13.0. The lowest BCUT2D eigenvalue weighted by molar-refractivity contribution is 0.0988. The molecule has 2 aromatic carbocycles. The van der Waals surface area contributed by atoms with Gasteiger partial charge in [-0.2, -0.15) is 0 Å². The second-order valence-electron chi connectivity index (χ2n) is 5.81. The summed E-state index contributed by atoms with van der Waals surface area (Å²) in [5, 5.41) is 2.67. The fraction of sp³-hybridized carbons (Fsp3) is 0.150. The van der Waals surface area contributed by atoms with E-state index in [9.17, 15) is 4.79 Å². The van der Waals surface area contributed by atoms with Crippen molar-refractivity contribution in [1.29, 1.82) is 0 Å². The highest BCUT2D eigenvalue weighted by atomic mass is 32.1. The van der Waals surface area contributed by atoms with Gasteiger partial charge in [0.2, 0.25) is 0 Å². The molecule has 4 aromatic rings. The van der Waals surface area contributed by atoms with E-state index in [1.807, 2.05) is 48.7 Å². The van der Waals surface area contributed by atoms with Crippen LogP contribution in [0.15, 0.2) is 59.4 Å². The number of hydrogen-bond acceptors (Lipinski definition) is 6. The van der Waals surface area contributed by atoms with Gasteiger partial charge in [0.15, 0.2) is 5.13 Å². The first-order valence-corrected chi connectivity index (χ1v) is 10.3. The molecule has 0 spiro atoms. The monoisotopic (exact) mass is 395 g/mol. The van der Waals surface area contributed by atoms with E-state index in [2.05, 4.69) is 9.97 Å². The number of fused-ring (bicyclic) bond motifs is 1. The van der Waals surface area contributed by atoms with Crippen molar-refractivity contribution in [2.45, 2.75) is 13.5 Å². The van der Waals surface area contributed by atoms with Gasteiger partial charge in [0, 0.05) is 17.5 Å². The zero-order valence-corrected chi connectivity index (χ0v) is 16.3. The normalized spacial score (nSPS) is 10.9. The van der Waals surface area contributed by atoms with Crippen molar-refractivity contribution in [1.82, 2.24) is 9.97 Å². The van der Waals surface area contributed by atoms with Crippen molar-refractivity contribution in [3.63, 3.8) is 0 Å². The summed E-state index contributed by atoms with van der Waals surface area (Å²) >= 11 is 3.07. The molecule has 0 unspecified atom stereocenters. The molecule has 1 amide bonds. The van der Waals surface area contributed by atoms with Crippen LogP contribution in [0.3, 0.4) is 0 Å². The van der Waals surface area contributed by atoms with Crippen molar-refractivity contribution in [3.8, 4) is 5.75 Å². The van der Waals surface area contributed by atoms with Crippen molar-refractivity contribution in [2.75, 3.05) is 11.4 Å². The molecule has 7 heteroatoms. The van der Waals surface area contributed by atoms with Gasteiger partial charge in [0.05, 0.1) is 21.4 Å². The lowest BCUT2D eigenvalue weighted by atomic mass is 10.2. The Bertz CT molecular complexity index is 1010. The summed E-state index contributed by atoms with van der Waals surface area (Å²) in [4.78, 5) is 23.4. The number of anilines is 1. The molecule has 0 aliphatic heterocycles. The second-order valence-corrected chi connectivity index (χ2v) is 7.53. The third-order valence-electron chi connectivity index (χ3n) is 4.05. The quantitative estimate of drug-likeness (QED) is 0.461. The molecule has 2 aromatic heterocycles. The predicted molar refractivity (Wildman–Crippen MR) is 110 cm³/mol. The van der Waals surface area contributed by atoms with Crippen molar-refractivity contribution >= 4 is 43.9 Å². The molecule has 0 N–H and O–H groups in total. The Hall–Kier alpha value is -2.77. The number of aromatic nitrogens is 2. The highest BCUT2D eigenvalue weighted by Gasteiger charge is 2.19. The molecular weight excluding hydrogens is 378 g/mol. The number of benzene rings is 2. The minimum Gasteiger partial charge on any atom is -0.487 e. The number of hydrogen-bond donors (Lipinski definition) is 0. The van der Waals surface area contributed by atoms with Crippen LogP contribution in [0.4, 0.5) is 5.13 Å². The van der Waals surface area contributed by atoms with E-state index in [0.717, 1.165) is 15.9 Å². The Morgan fingerprint density at radius 3 is 2.67 bits per heavy atom. The summed E-state index contributed by atoms with van der Waals surface area (Å²) < 4.78 is 6.78. The number of nitrogens with zero attached hydrogens (tertiary/aromatic N) is 3. The first kappa shape index (κ1) is 17.6. The molecular formula is C20H17N3O2S2. The van der Waals surface area contributed by atoms with Crippen LogP contribution in [-0.2, 0) is 6.61 Å². The summed E-state index contributed by atoms with van der Waals surface area (Å²) in [6.07, 6.45) is 0. The Kier molecular flexibility index (Phi) is 5.13. The smallest absolute Gasteiger partial charge is 0.260 e. The number of thiazole rings is 2. The Balaban J connectivity index is 1.50. The lowest BCUT2D eigenvalue weighted by Gasteiger charge is -2.17. The fourth-order valence-electron chi connectivity index (χ4n) is 2.66. The number of para-hydroxylation sites is 1. The van der Waals surface area contributed by atoms with Crippen LogP contribution < -0.4 is 9.64 Å². The molecule has 27 heavy (non-hydrogen) atoms. The van der Waals surface area contributed by atoms with E-state index in [4.69, 9.17) is 4.74 Å². The van der Waals surface area contributed by atoms with Gasteiger partial charge in [0.25, 0.3) is 5.91 Å². The van der Waals surface area contributed by atoms with E-state index in [1.165, 1.54) is 22.7 Å². The van der Waals surface area contributed by atoms with Crippen molar-refractivity contribution in [3.05, 3.63) is 70.7 Å². The Morgan fingerprint density at radius 2 is 1.96 bits per heavy atom. The molecule has 5 nitrogen and oxygen atoms in total. The summed E-state index contributed by atoms with van der Waals surface area (Å²) in [6.45, 7) is 2.93. The number of ether oxygens (including phenoxy) is 1. The predicted octanol–water partition coefficient (Wildman–Crippen LogP) is 5.00. The van der Waals surface area contributed by atoms with Crippen molar-refractivity contribution < 1.29 is 9.53 Å². The first-order chi connectivity index (χ1) is 13.2. The number of carbonyl (C=O) groups is 1. The molecule has 0 saturated carbocycles. The van der Waals surface area contributed by atoms with Crippen LogP contribution in [0.1, 0.15) is 23.0 Å². The van der Waals surface area contributed by atoms with Gasteiger partial charge in [-0.15, -0.1) is 11.3 Å². The fourth-order valence-corrected chi connectivity index (χ4v) is 4.23. The van der Waals surface area contributed by atoms with E-state index in [-0.39, 0.29) is 5.91 Å². The van der Waals surface area contributed by atoms with Gasteiger partial charge in [-0.25, -0.2) is 9.97 Å². The van der Waals surface area contributed by atoms with Crippen LogP contribution in [0.25, 0.3) is 10.2 Å². The third kappa shape index (κ3) is 3.84. The molecule has 2 heterocycles. The third-order valence-corrected chi connectivity index (χ3v) is 5.74.